The minimum atomic E-state index is -0.116. The first kappa shape index (κ1) is 14.0. The molecule has 0 unspecified atom stereocenters. The monoisotopic (exact) mass is 326 g/mol. The summed E-state index contributed by atoms with van der Waals surface area (Å²) >= 11 is 1.51. The third-order valence-corrected chi connectivity index (χ3v) is 4.74. The van der Waals surface area contributed by atoms with Gasteiger partial charge >= 0.3 is 0 Å². The number of nitrogens with one attached hydrogen (secondary N) is 1. The van der Waals surface area contributed by atoms with Crippen molar-refractivity contribution in [3.05, 3.63) is 54.1 Å². The second kappa shape index (κ2) is 5.51. The van der Waals surface area contributed by atoms with Gasteiger partial charge in [0.1, 0.15) is 16.9 Å². The Kier molecular flexibility index (Phi) is 3.34. The molecule has 0 aliphatic carbocycles. The van der Waals surface area contributed by atoms with Gasteiger partial charge in [-0.3, -0.25) is 0 Å². The first-order valence-electron chi connectivity index (χ1n) is 7.08. The molecule has 1 aliphatic rings. The Bertz CT molecular complexity index is 865. The van der Waals surface area contributed by atoms with Crippen molar-refractivity contribution >= 4 is 11.8 Å². The van der Waals surface area contributed by atoms with E-state index in [0.29, 0.717) is 5.82 Å². The van der Waals surface area contributed by atoms with Gasteiger partial charge in [0.15, 0.2) is 5.82 Å². The number of aromatic hydroxyl groups is 1. The van der Waals surface area contributed by atoms with E-state index < -0.39 is 0 Å². The lowest BCUT2D eigenvalue weighted by Gasteiger charge is -2.14. The van der Waals surface area contributed by atoms with E-state index in [2.05, 4.69) is 15.6 Å². The molecular formula is C16H14N4O2S. The SMILES string of the molecule is COc1ccccc1-c1nnc2n1N[C@@H](c1ccccc1O)S2. The van der Waals surface area contributed by atoms with Crippen LogP contribution in [0.4, 0.5) is 0 Å². The number of ether oxygens (including phenoxy) is 1. The summed E-state index contributed by atoms with van der Waals surface area (Å²) in [5.74, 6) is 1.68. The van der Waals surface area contributed by atoms with E-state index in [4.69, 9.17) is 4.74 Å². The maximum Gasteiger partial charge on any atom is 0.212 e. The maximum absolute atomic E-state index is 10.0. The fraction of sp³-hybridized carbons (Fsp3) is 0.125. The minimum absolute atomic E-state index is 0.116. The molecule has 116 valence electrons. The smallest absolute Gasteiger partial charge is 0.212 e. The average molecular weight is 326 g/mol. The van der Waals surface area contributed by atoms with Crippen LogP contribution in [0.1, 0.15) is 10.9 Å². The molecular weight excluding hydrogens is 312 g/mol. The van der Waals surface area contributed by atoms with Crippen molar-refractivity contribution in [3.63, 3.8) is 0 Å². The molecule has 0 saturated carbocycles. The van der Waals surface area contributed by atoms with Gasteiger partial charge in [-0.25, -0.2) is 4.68 Å². The van der Waals surface area contributed by atoms with Crippen molar-refractivity contribution in [1.29, 1.82) is 0 Å². The van der Waals surface area contributed by atoms with Gasteiger partial charge in [0.05, 0.1) is 12.7 Å². The molecule has 1 atom stereocenters. The Hall–Kier alpha value is -2.67. The molecule has 2 N–H and O–H groups in total. The van der Waals surface area contributed by atoms with Gasteiger partial charge in [0.2, 0.25) is 5.16 Å². The van der Waals surface area contributed by atoms with Gasteiger partial charge in [-0.05, 0) is 18.2 Å². The molecule has 2 heterocycles. The van der Waals surface area contributed by atoms with Crippen molar-refractivity contribution in [1.82, 2.24) is 14.9 Å². The molecule has 0 amide bonds. The summed E-state index contributed by atoms with van der Waals surface area (Å²) in [6, 6.07) is 14.9. The maximum atomic E-state index is 10.0. The lowest BCUT2D eigenvalue weighted by Crippen LogP contribution is -2.14. The molecule has 23 heavy (non-hydrogen) atoms. The minimum Gasteiger partial charge on any atom is -0.508 e. The normalized spacial score (nSPS) is 16.0. The molecule has 0 spiro atoms. The molecule has 0 radical (unpaired) electrons. The first-order chi connectivity index (χ1) is 11.3. The first-order valence-corrected chi connectivity index (χ1v) is 7.96. The van der Waals surface area contributed by atoms with Crippen molar-refractivity contribution in [2.24, 2.45) is 0 Å². The fourth-order valence-electron chi connectivity index (χ4n) is 2.56. The highest BCUT2D eigenvalue weighted by Gasteiger charge is 2.30. The average Bonchev–Trinajstić information content (AvgIpc) is 3.15. The van der Waals surface area contributed by atoms with Crippen LogP contribution in [-0.2, 0) is 0 Å². The zero-order valence-electron chi connectivity index (χ0n) is 12.3. The molecule has 0 saturated heterocycles. The fourth-order valence-corrected chi connectivity index (χ4v) is 3.59. The summed E-state index contributed by atoms with van der Waals surface area (Å²) in [4.78, 5) is 0. The van der Waals surface area contributed by atoms with Gasteiger partial charge in [-0.1, -0.05) is 42.1 Å². The molecule has 1 aliphatic heterocycles. The number of hydrogen-bond donors (Lipinski definition) is 2. The lowest BCUT2D eigenvalue weighted by molar-refractivity contribution is 0.416. The third-order valence-electron chi connectivity index (χ3n) is 3.67. The Morgan fingerprint density at radius 1 is 1.13 bits per heavy atom. The molecule has 4 rings (SSSR count). The van der Waals surface area contributed by atoms with Crippen LogP contribution in [0.2, 0.25) is 0 Å². The van der Waals surface area contributed by atoms with Crippen molar-refractivity contribution in [2.75, 3.05) is 12.5 Å². The predicted octanol–water partition coefficient (Wildman–Crippen LogP) is 3.01. The van der Waals surface area contributed by atoms with Crippen LogP contribution in [0.15, 0.2) is 53.7 Å². The molecule has 1 aromatic heterocycles. The standard InChI is InChI=1S/C16H14N4O2S/c1-22-13-9-5-3-7-11(13)14-17-18-16-20(14)19-15(23-16)10-6-2-4-8-12(10)21/h2-9,15,19,21H,1H3/t15-/m1/s1. The number of benzene rings is 2. The zero-order valence-corrected chi connectivity index (χ0v) is 13.1. The van der Waals surface area contributed by atoms with Crippen LogP contribution >= 0.6 is 11.8 Å². The van der Waals surface area contributed by atoms with Crippen LogP contribution in [0.3, 0.4) is 0 Å². The molecule has 0 fully saturated rings. The Morgan fingerprint density at radius 3 is 2.74 bits per heavy atom. The van der Waals surface area contributed by atoms with Crippen LogP contribution in [0, 0.1) is 0 Å². The second-order valence-corrected chi connectivity index (χ2v) is 6.10. The van der Waals surface area contributed by atoms with E-state index in [9.17, 15) is 5.11 Å². The Labute approximate surface area is 137 Å². The number of phenols is 1. The molecule has 3 aromatic rings. The summed E-state index contributed by atoms with van der Waals surface area (Å²) in [6.45, 7) is 0. The van der Waals surface area contributed by atoms with Gasteiger partial charge in [0.25, 0.3) is 0 Å². The summed E-state index contributed by atoms with van der Waals surface area (Å²) in [7, 11) is 1.63. The van der Waals surface area contributed by atoms with E-state index in [1.807, 2.05) is 41.1 Å². The molecule has 6 nitrogen and oxygen atoms in total. The number of nitrogens with zero attached hydrogens (tertiary/aromatic N) is 3. The van der Waals surface area contributed by atoms with Crippen LogP contribution in [-0.4, -0.2) is 27.1 Å². The van der Waals surface area contributed by atoms with Gasteiger partial charge in [-0.2, -0.15) is 0 Å². The van der Waals surface area contributed by atoms with E-state index in [0.717, 1.165) is 22.0 Å². The van der Waals surface area contributed by atoms with Crippen molar-refractivity contribution < 1.29 is 9.84 Å². The van der Waals surface area contributed by atoms with E-state index in [1.165, 1.54) is 11.8 Å². The summed E-state index contributed by atoms with van der Waals surface area (Å²) in [5, 5.41) is 19.2. The van der Waals surface area contributed by atoms with Crippen molar-refractivity contribution in [2.45, 2.75) is 10.5 Å². The van der Waals surface area contributed by atoms with Gasteiger partial charge in [0, 0.05) is 5.56 Å². The number of para-hydroxylation sites is 2. The van der Waals surface area contributed by atoms with E-state index in [-0.39, 0.29) is 11.1 Å². The van der Waals surface area contributed by atoms with Crippen LogP contribution in [0.25, 0.3) is 11.4 Å². The molecule has 0 bridgehead atoms. The number of thioether (sulfide) groups is 1. The predicted molar refractivity (Wildman–Crippen MR) is 88.1 cm³/mol. The number of aromatic nitrogens is 3. The number of phenolic OH excluding ortho intramolecular Hbond substituents is 1. The topological polar surface area (TPSA) is 72.2 Å². The molecule has 2 aromatic carbocycles. The summed E-state index contributed by atoms with van der Waals surface area (Å²) in [5.41, 5.74) is 5.00. The quantitative estimate of drug-likeness (QED) is 0.771. The lowest BCUT2D eigenvalue weighted by atomic mass is 10.2. The number of methoxy groups -OCH3 is 1. The number of fused-ring (bicyclic) bond motifs is 1. The van der Waals surface area contributed by atoms with Crippen LogP contribution < -0.4 is 10.2 Å². The van der Waals surface area contributed by atoms with Gasteiger partial charge in [-0.15, -0.1) is 10.2 Å². The number of rotatable bonds is 3. The largest absolute Gasteiger partial charge is 0.508 e. The number of hydrogen-bond acceptors (Lipinski definition) is 6. The Balaban J connectivity index is 1.72. The zero-order chi connectivity index (χ0) is 15.8. The Morgan fingerprint density at radius 2 is 1.91 bits per heavy atom. The third kappa shape index (κ3) is 2.29. The highest BCUT2D eigenvalue weighted by atomic mass is 32.2. The van der Waals surface area contributed by atoms with E-state index in [1.54, 1.807) is 19.2 Å². The second-order valence-electron chi connectivity index (χ2n) is 5.03. The highest BCUT2D eigenvalue weighted by Crippen LogP contribution is 2.43. The summed E-state index contributed by atoms with van der Waals surface area (Å²) < 4.78 is 7.24. The van der Waals surface area contributed by atoms with E-state index >= 15 is 0 Å². The van der Waals surface area contributed by atoms with Crippen molar-refractivity contribution in [3.8, 4) is 22.9 Å². The van der Waals surface area contributed by atoms with Gasteiger partial charge < -0.3 is 15.3 Å². The summed E-state index contributed by atoms with van der Waals surface area (Å²) in [6.07, 6.45) is 0. The molecule has 7 heteroatoms. The highest BCUT2D eigenvalue weighted by molar-refractivity contribution is 7.99. The van der Waals surface area contributed by atoms with Crippen LogP contribution in [0.5, 0.6) is 11.5 Å².